The van der Waals surface area contributed by atoms with Crippen LogP contribution in [0.15, 0.2) is 77.7 Å². The molecule has 1 N–H and O–H groups in total. The zero-order valence-corrected chi connectivity index (χ0v) is 25.7. The Balaban J connectivity index is 2.07. The van der Waals surface area contributed by atoms with Crippen LogP contribution in [-0.2, 0) is 26.2 Å². The summed E-state index contributed by atoms with van der Waals surface area (Å²) in [5.74, 6) is -0.288. The first-order valence-electron chi connectivity index (χ1n) is 13.6. The van der Waals surface area contributed by atoms with Gasteiger partial charge in [0.15, 0.2) is 0 Å². The van der Waals surface area contributed by atoms with Crippen LogP contribution in [0.2, 0.25) is 5.02 Å². The fraction of sp³-hybridized carbons (Fsp3) is 0.355. The van der Waals surface area contributed by atoms with E-state index >= 15 is 0 Å². The largest absolute Gasteiger partial charge is 0.494 e. The molecule has 0 saturated carbocycles. The van der Waals surface area contributed by atoms with Crippen LogP contribution in [0.5, 0.6) is 5.75 Å². The van der Waals surface area contributed by atoms with Crippen LogP contribution >= 0.6 is 11.6 Å². The molecule has 8 nitrogen and oxygen atoms in total. The summed E-state index contributed by atoms with van der Waals surface area (Å²) < 4.78 is 34.5. The first kappa shape index (κ1) is 32.0. The van der Waals surface area contributed by atoms with Crippen LogP contribution in [0.1, 0.15) is 45.2 Å². The SMILES string of the molecule is CCOc1ccc(N(CC(=O)N(Cc2ccccc2Cl)[C@@H](CC)C(=O)NC(C)C)S(=O)(=O)c2ccc(C)cc2)cc1. The Hall–Kier alpha value is -3.56. The molecule has 1 atom stereocenters. The second-order valence-electron chi connectivity index (χ2n) is 9.95. The number of ether oxygens (including phenoxy) is 1. The number of nitrogens with zero attached hydrogens (tertiary/aromatic N) is 2. The molecule has 0 saturated heterocycles. The number of hydrogen-bond acceptors (Lipinski definition) is 5. The Kier molecular flexibility index (Phi) is 11.2. The van der Waals surface area contributed by atoms with Gasteiger partial charge >= 0.3 is 0 Å². The van der Waals surface area contributed by atoms with Crippen LogP contribution in [-0.4, -0.2) is 50.4 Å². The van der Waals surface area contributed by atoms with Gasteiger partial charge in [0.05, 0.1) is 17.2 Å². The van der Waals surface area contributed by atoms with Crippen molar-refractivity contribution in [1.82, 2.24) is 10.2 Å². The van der Waals surface area contributed by atoms with E-state index in [2.05, 4.69) is 5.32 Å². The molecule has 3 aromatic rings. The molecular formula is C31H38ClN3O5S. The first-order valence-corrected chi connectivity index (χ1v) is 15.4. The summed E-state index contributed by atoms with van der Waals surface area (Å²) in [4.78, 5) is 28.8. The molecular weight excluding hydrogens is 562 g/mol. The molecule has 2 amide bonds. The lowest BCUT2D eigenvalue weighted by atomic mass is 10.1. The molecule has 0 aromatic heterocycles. The van der Waals surface area contributed by atoms with Gasteiger partial charge in [-0.25, -0.2) is 8.42 Å². The fourth-order valence-corrected chi connectivity index (χ4v) is 5.96. The molecule has 0 aliphatic rings. The molecule has 0 spiro atoms. The topological polar surface area (TPSA) is 96.0 Å². The summed E-state index contributed by atoms with van der Waals surface area (Å²) in [5, 5.41) is 3.33. The average Bonchev–Trinajstić information content (AvgIpc) is 2.93. The Bertz CT molecular complexity index is 1430. The molecule has 0 unspecified atom stereocenters. The van der Waals surface area contributed by atoms with Crippen molar-refractivity contribution in [1.29, 1.82) is 0 Å². The average molecular weight is 600 g/mol. The summed E-state index contributed by atoms with van der Waals surface area (Å²) >= 11 is 6.44. The summed E-state index contributed by atoms with van der Waals surface area (Å²) in [7, 11) is -4.16. The zero-order chi connectivity index (χ0) is 30.2. The maximum Gasteiger partial charge on any atom is 0.264 e. The first-order chi connectivity index (χ1) is 19.5. The molecule has 0 aliphatic carbocycles. The van der Waals surface area contributed by atoms with Gasteiger partial charge in [-0.1, -0.05) is 54.4 Å². The van der Waals surface area contributed by atoms with Gasteiger partial charge in [-0.15, -0.1) is 0 Å². The van der Waals surface area contributed by atoms with Gasteiger partial charge < -0.3 is 15.0 Å². The number of anilines is 1. The van der Waals surface area contributed by atoms with Crippen molar-refractivity contribution in [2.75, 3.05) is 17.5 Å². The third kappa shape index (κ3) is 8.24. The lowest BCUT2D eigenvalue weighted by molar-refractivity contribution is -0.140. The highest BCUT2D eigenvalue weighted by Crippen LogP contribution is 2.27. The van der Waals surface area contributed by atoms with Crippen LogP contribution in [0.25, 0.3) is 0 Å². The molecule has 3 aromatic carbocycles. The number of nitrogens with one attached hydrogen (secondary N) is 1. The Morgan fingerprint density at radius 3 is 2.15 bits per heavy atom. The lowest BCUT2D eigenvalue weighted by Gasteiger charge is -2.33. The summed E-state index contributed by atoms with van der Waals surface area (Å²) in [6.07, 6.45) is 0.322. The molecule has 0 bridgehead atoms. The van der Waals surface area contributed by atoms with Crippen LogP contribution in [0, 0.1) is 6.92 Å². The van der Waals surface area contributed by atoms with Crippen molar-refractivity contribution in [3.8, 4) is 5.75 Å². The van der Waals surface area contributed by atoms with Gasteiger partial charge in [0.1, 0.15) is 18.3 Å². The highest BCUT2D eigenvalue weighted by molar-refractivity contribution is 7.92. The van der Waals surface area contributed by atoms with E-state index in [0.717, 1.165) is 9.87 Å². The van der Waals surface area contributed by atoms with E-state index in [1.165, 1.54) is 17.0 Å². The summed E-state index contributed by atoms with van der Waals surface area (Å²) in [5.41, 5.74) is 1.84. The number of halogens is 1. The normalized spacial score (nSPS) is 12.1. The van der Waals surface area contributed by atoms with E-state index in [4.69, 9.17) is 16.3 Å². The van der Waals surface area contributed by atoms with E-state index in [1.807, 2.05) is 34.6 Å². The monoisotopic (exact) mass is 599 g/mol. The molecule has 0 aliphatic heterocycles. The van der Waals surface area contributed by atoms with Crippen LogP contribution < -0.4 is 14.4 Å². The van der Waals surface area contributed by atoms with Gasteiger partial charge in [0, 0.05) is 17.6 Å². The van der Waals surface area contributed by atoms with E-state index in [-0.39, 0.29) is 23.4 Å². The molecule has 0 heterocycles. The predicted octanol–water partition coefficient (Wildman–Crippen LogP) is 5.57. The van der Waals surface area contributed by atoms with E-state index in [1.54, 1.807) is 60.7 Å². The molecule has 10 heteroatoms. The van der Waals surface area contributed by atoms with Gasteiger partial charge in [0.2, 0.25) is 11.8 Å². The minimum absolute atomic E-state index is 0.0320. The highest BCUT2D eigenvalue weighted by atomic mass is 35.5. The number of rotatable bonds is 13. The van der Waals surface area contributed by atoms with Gasteiger partial charge in [-0.05, 0) is 82.1 Å². The Morgan fingerprint density at radius 2 is 1.59 bits per heavy atom. The number of carbonyl (C=O) groups is 2. The third-order valence-electron chi connectivity index (χ3n) is 6.44. The van der Waals surface area contributed by atoms with E-state index in [0.29, 0.717) is 35.1 Å². The zero-order valence-electron chi connectivity index (χ0n) is 24.1. The van der Waals surface area contributed by atoms with Crippen molar-refractivity contribution in [2.45, 2.75) is 64.6 Å². The van der Waals surface area contributed by atoms with E-state index in [9.17, 15) is 18.0 Å². The van der Waals surface area contributed by atoms with Crippen LogP contribution in [0.4, 0.5) is 5.69 Å². The highest BCUT2D eigenvalue weighted by Gasteiger charge is 2.34. The van der Waals surface area contributed by atoms with Crippen molar-refractivity contribution >= 4 is 39.1 Å². The molecule has 3 rings (SSSR count). The quantitative estimate of drug-likeness (QED) is 0.277. The second-order valence-corrected chi connectivity index (χ2v) is 12.2. The van der Waals surface area contributed by atoms with Gasteiger partial charge in [-0.2, -0.15) is 0 Å². The van der Waals surface area contributed by atoms with Crippen molar-refractivity contribution in [2.24, 2.45) is 0 Å². The van der Waals surface area contributed by atoms with Crippen molar-refractivity contribution < 1.29 is 22.7 Å². The Morgan fingerprint density at radius 1 is 0.951 bits per heavy atom. The number of benzene rings is 3. The van der Waals surface area contributed by atoms with Crippen LogP contribution in [0.3, 0.4) is 0 Å². The minimum atomic E-state index is -4.16. The number of amides is 2. The minimum Gasteiger partial charge on any atom is -0.494 e. The summed E-state index contributed by atoms with van der Waals surface area (Å²) in [6.45, 7) is 9.17. The molecule has 41 heavy (non-hydrogen) atoms. The third-order valence-corrected chi connectivity index (χ3v) is 8.60. The van der Waals surface area contributed by atoms with Crippen molar-refractivity contribution in [3.63, 3.8) is 0 Å². The van der Waals surface area contributed by atoms with Gasteiger partial charge in [-0.3, -0.25) is 13.9 Å². The second kappa shape index (κ2) is 14.4. The molecule has 220 valence electrons. The smallest absolute Gasteiger partial charge is 0.264 e. The molecule has 0 fully saturated rings. The predicted molar refractivity (Wildman–Crippen MR) is 163 cm³/mol. The number of carbonyl (C=O) groups excluding carboxylic acids is 2. The Labute approximate surface area is 248 Å². The lowest BCUT2D eigenvalue weighted by Crippen LogP contribution is -2.53. The maximum absolute atomic E-state index is 14.1. The standard InChI is InChI=1S/C31H38ClN3O5S/c1-6-29(31(37)33-22(3)4)34(20-24-10-8-9-11-28(24)32)30(36)21-35(25-14-16-26(17-15-25)40-7-2)41(38,39)27-18-12-23(5)13-19-27/h8-19,22,29H,6-7,20-21H2,1-5H3,(H,33,37)/t29-/m0/s1. The number of sulfonamides is 1. The maximum atomic E-state index is 14.1. The van der Waals surface area contributed by atoms with E-state index < -0.39 is 28.5 Å². The number of hydrogen-bond donors (Lipinski definition) is 1. The van der Waals surface area contributed by atoms with Crippen molar-refractivity contribution in [3.05, 3.63) is 88.9 Å². The fourth-order valence-electron chi connectivity index (χ4n) is 4.35. The number of aryl methyl sites for hydroxylation is 1. The molecule has 0 radical (unpaired) electrons. The summed E-state index contributed by atoms with van der Waals surface area (Å²) in [6, 6.07) is 19.1. The van der Waals surface area contributed by atoms with Gasteiger partial charge in [0.25, 0.3) is 10.0 Å².